The Labute approximate surface area is 148 Å². The second kappa shape index (κ2) is 15.0. The molecule has 0 N–H and O–H groups in total. The zero-order valence-corrected chi connectivity index (χ0v) is 15.6. The van der Waals surface area contributed by atoms with Gasteiger partial charge in [0, 0.05) is 0 Å². The van der Waals surface area contributed by atoms with Gasteiger partial charge in [0.25, 0.3) is 0 Å². The van der Waals surface area contributed by atoms with Gasteiger partial charge in [-0.2, -0.15) is 4.99 Å². The van der Waals surface area contributed by atoms with E-state index in [0.717, 1.165) is 12.1 Å². The Morgan fingerprint density at radius 2 is 1.33 bits per heavy atom. The first-order valence-electron chi connectivity index (χ1n) is 9.76. The smallest absolute Gasteiger partial charge is 0.388 e. The number of rotatable bonds is 13. The van der Waals surface area contributed by atoms with Crippen molar-refractivity contribution in [1.29, 1.82) is 0 Å². The third-order valence-electron chi connectivity index (χ3n) is 3.97. The standard InChI is InChI=1S/C21H35NO2/c1-3-5-6-7-8-9-10-11-12-16-19-24-21(23-4-2)22-20-17-14-13-15-18-20/h13-15,17-18H,3-12,16,19H2,1-2H3. The van der Waals surface area contributed by atoms with Gasteiger partial charge in [0.05, 0.1) is 18.9 Å². The van der Waals surface area contributed by atoms with Crippen molar-refractivity contribution in [2.24, 2.45) is 4.99 Å². The van der Waals surface area contributed by atoms with Crippen LogP contribution in [0.2, 0.25) is 0 Å². The fraction of sp³-hybridized carbons (Fsp3) is 0.667. The lowest BCUT2D eigenvalue weighted by Gasteiger charge is -2.09. The molecule has 0 aliphatic heterocycles. The summed E-state index contributed by atoms with van der Waals surface area (Å²) in [6, 6.07) is 9.80. The van der Waals surface area contributed by atoms with Crippen molar-refractivity contribution >= 4 is 11.8 Å². The van der Waals surface area contributed by atoms with Crippen LogP contribution in [0.5, 0.6) is 0 Å². The van der Waals surface area contributed by atoms with Gasteiger partial charge in [-0.25, -0.2) is 0 Å². The monoisotopic (exact) mass is 333 g/mol. The van der Waals surface area contributed by atoms with Crippen molar-refractivity contribution in [2.75, 3.05) is 13.2 Å². The maximum atomic E-state index is 5.69. The number of benzene rings is 1. The Kier molecular flexibility index (Phi) is 12.9. The largest absolute Gasteiger partial charge is 0.451 e. The van der Waals surface area contributed by atoms with Crippen LogP contribution in [-0.2, 0) is 9.47 Å². The van der Waals surface area contributed by atoms with Gasteiger partial charge in [-0.1, -0.05) is 82.9 Å². The van der Waals surface area contributed by atoms with E-state index in [9.17, 15) is 0 Å². The van der Waals surface area contributed by atoms with Gasteiger partial charge in [-0.3, -0.25) is 0 Å². The Morgan fingerprint density at radius 1 is 0.750 bits per heavy atom. The number of hydrogen-bond donors (Lipinski definition) is 0. The molecule has 0 aromatic heterocycles. The van der Waals surface area contributed by atoms with E-state index in [4.69, 9.17) is 9.47 Å². The third kappa shape index (κ3) is 11.1. The van der Waals surface area contributed by atoms with Crippen LogP contribution in [0.1, 0.15) is 78.1 Å². The summed E-state index contributed by atoms with van der Waals surface area (Å²) in [5.41, 5.74) is 0.865. The molecule has 0 atom stereocenters. The van der Waals surface area contributed by atoms with E-state index < -0.39 is 0 Å². The molecule has 1 aromatic carbocycles. The number of unbranched alkanes of at least 4 members (excludes halogenated alkanes) is 9. The summed E-state index contributed by atoms with van der Waals surface area (Å²) >= 11 is 0. The van der Waals surface area contributed by atoms with Crippen molar-refractivity contribution in [3.8, 4) is 0 Å². The zero-order valence-electron chi connectivity index (χ0n) is 15.6. The summed E-state index contributed by atoms with van der Waals surface area (Å²) < 4.78 is 11.2. The maximum absolute atomic E-state index is 5.69. The molecule has 0 fully saturated rings. The van der Waals surface area contributed by atoms with Crippen LogP contribution in [0.25, 0.3) is 0 Å². The van der Waals surface area contributed by atoms with Crippen LogP contribution in [0.4, 0.5) is 5.69 Å². The summed E-state index contributed by atoms with van der Waals surface area (Å²) in [7, 11) is 0. The van der Waals surface area contributed by atoms with Crippen molar-refractivity contribution in [3.63, 3.8) is 0 Å². The molecule has 1 rings (SSSR count). The Morgan fingerprint density at radius 3 is 1.92 bits per heavy atom. The molecule has 0 saturated heterocycles. The molecule has 3 nitrogen and oxygen atoms in total. The summed E-state index contributed by atoms with van der Waals surface area (Å²) in [4.78, 5) is 4.40. The molecule has 1 aromatic rings. The highest BCUT2D eigenvalue weighted by Gasteiger charge is 2.02. The Balaban J connectivity index is 2.06. The molecule has 0 saturated carbocycles. The molecule has 0 amide bonds. The number of hydrogen-bond acceptors (Lipinski definition) is 3. The first kappa shape index (κ1) is 20.5. The molecule has 24 heavy (non-hydrogen) atoms. The van der Waals surface area contributed by atoms with E-state index in [2.05, 4.69) is 11.9 Å². The van der Waals surface area contributed by atoms with Crippen LogP contribution in [0.3, 0.4) is 0 Å². The number of para-hydroxylation sites is 1. The van der Waals surface area contributed by atoms with Gasteiger partial charge in [0.15, 0.2) is 0 Å². The van der Waals surface area contributed by atoms with E-state index >= 15 is 0 Å². The highest BCUT2D eigenvalue weighted by molar-refractivity contribution is 5.71. The maximum Gasteiger partial charge on any atom is 0.388 e. The minimum atomic E-state index is 0.389. The van der Waals surface area contributed by atoms with Crippen molar-refractivity contribution in [3.05, 3.63) is 30.3 Å². The topological polar surface area (TPSA) is 30.8 Å². The van der Waals surface area contributed by atoms with Crippen LogP contribution in [0, 0.1) is 0 Å². The SMILES string of the molecule is CCCCCCCCCCCCOC(=Nc1ccccc1)OCC. The molecule has 136 valence electrons. The lowest BCUT2D eigenvalue weighted by Crippen LogP contribution is -2.10. The van der Waals surface area contributed by atoms with Crippen LogP contribution in [-0.4, -0.2) is 19.3 Å². The van der Waals surface area contributed by atoms with Crippen LogP contribution in [0.15, 0.2) is 35.3 Å². The molecule has 3 heteroatoms. The molecule has 0 bridgehead atoms. The molecular formula is C21H35NO2. The summed E-state index contributed by atoms with van der Waals surface area (Å²) in [6.07, 6.45) is 13.6. The van der Waals surface area contributed by atoms with Crippen LogP contribution < -0.4 is 0 Å². The lowest BCUT2D eigenvalue weighted by atomic mass is 10.1. The van der Waals surface area contributed by atoms with Gasteiger partial charge >= 0.3 is 6.08 Å². The second-order valence-electron chi connectivity index (χ2n) is 6.18. The van der Waals surface area contributed by atoms with Crippen molar-refractivity contribution < 1.29 is 9.47 Å². The first-order valence-corrected chi connectivity index (χ1v) is 9.76. The van der Waals surface area contributed by atoms with E-state index in [0.29, 0.717) is 19.3 Å². The van der Waals surface area contributed by atoms with Gasteiger partial charge in [0.1, 0.15) is 0 Å². The molecule has 0 spiro atoms. The molecule has 0 aliphatic rings. The lowest BCUT2D eigenvalue weighted by molar-refractivity contribution is 0.170. The fourth-order valence-corrected chi connectivity index (χ4v) is 2.59. The van der Waals surface area contributed by atoms with E-state index in [1.165, 1.54) is 57.8 Å². The van der Waals surface area contributed by atoms with Crippen molar-refractivity contribution in [2.45, 2.75) is 78.1 Å². The summed E-state index contributed by atoms with van der Waals surface area (Å²) in [5, 5.41) is 0. The predicted octanol–water partition coefficient (Wildman–Crippen LogP) is 6.65. The van der Waals surface area contributed by atoms with Crippen LogP contribution >= 0.6 is 0 Å². The first-order chi connectivity index (χ1) is 11.9. The molecule has 0 heterocycles. The highest BCUT2D eigenvalue weighted by Crippen LogP contribution is 2.12. The average Bonchev–Trinajstić information content (AvgIpc) is 2.60. The molecular weight excluding hydrogens is 298 g/mol. The fourth-order valence-electron chi connectivity index (χ4n) is 2.59. The number of nitrogens with zero attached hydrogens (tertiary/aromatic N) is 1. The number of aliphatic imine (C=N–C) groups is 1. The average molecular weight is 334 g/mol. The number of ether oxygens (including phenoxy) is 2. The third-order valence-corrected chi connectivity index (χ3v) is 3.97. The summed E-state index contributed by atoms with van der Waals surface area (Å²) in [5.74, 6) is 0. The van der Waals surface area contributed by atoms with Gasteiger partial charge in [-0.05, 0) is 25.5 Å². The molecule has 0 unspecified atom stereocenters. The van der Waals surface area contributed by atoms with Gasteiger partial charge in [-0.15, -0.1) is 0 Å². The molecule has 0 radical (unpaired) electrons. The highest BCUT2D eigenvalue weighted by atomic mass is 16.7. The Bertz CT molecular complexity index is 417. The molecule has 0 aliphatic carbocycles. The van der Waals surface area contributed by atoms with E-state index in [1.807, 2.05) is 37.3 Å². The zero-order chi connectivity index (χ0) is 17.3. The normalized spacial score (nSPS) is 11.5. The second-order valence-corrected chi connectivity index (χ2v) is 6.18. The minimum Gasteiger partial charge on any atom is -0.451 e. The van der Waals surface area contributed by atoms with E-state index in [-0.39, 0.29) is 0 Å². The predicted molar refractivity (Wildman–Crippen MR) is 103 cm³/mol. The van der Waals surface area contributed by atoms with E-state index in [1.54, 1.807) is 0 Å². The Hall–Kier alpha value is -1.51. The summed E-state index contributed by atoms with van der Waals surface area (Å²) in [6.45, 7) is 5.47. The van der Waals surface area contributed by atoms with Gasteiger partial charge in [0.2, 0.25) is 0 Å². The quantitative estimate of drug-likeness (QED) is 0.230. The van der Waals surface area contributed by atoms with Gasteiger partial charge < -0.3 is 9.47 Å². The van der Waals surface area contributed by atoms with Crippen molar-refractivity contribution in [1.82, 2.24) is 0 Å². The minimum absolute atomic E-state index is 0.389.